The first-order chi connectivity index (χ1) is 23.4. The Morgan fingerprint density at radius 1 is 0.796 bits per heavy atom. The number of aliphatic hydroxyl groups excluding tert-OH is 1. The lowest BCUT2D eigenvalue weighted by atomic mass is 9.92. The zero-order chi connectivity index (χ0) is 35.0. The molecule has 2 aliphatic rings. The maximum absolute atomic E-state index is 13.2. The van der Waals surface area contributed by atoms with Gasteiger partial charge in [-0.1, -0.05) is 50.2 Å². The van der Waals surface area contributed by atoms with E-state index in [9.17, 15) is 30.0 Å². The van der Waals surface area contributed by atoms with Crippen molar-refractivity contribution in [1.82, 2.24) is 0 Å². The minimum absolute atomic E-state index is 0.0765. The molecule has 2 aliphatic heterocycles. The highest BCUT2D eigenvalue weighted by molar-refractivity contribution is 6.05. The number of Topliss-reactive ketones (excluding diaryl/α,β-unsaturated/α-hetero) is 1. The maximum atomic E-state index is 13.2. The summed E-state index contributed by atoms with van der Waals surface area (Å²) in [4.78, 5) is 26.2. The number of ether oxygens (including phenoxy) is 5. The Bertz CT molecular complexity index is 1870. The minimum atomic E-state index is -1.66. The minimum Gasteiger partial charge on any atom is -0.508 e. The highest BCUT2D eigenvalue weighted by atomic mass is 16.6. The Morgan fingerprint density at radius 3 is 2.20 bits per heavy atom. The third-order valence-electron chi connectivity index (χ3n) is 8.69. The molecule has 0 aliphatic carbocycles. The van der Waals surface area contributed by atoms with Gasteiger partial charge in [-0.2, -0.15) is 0 Å². The predicted molar refractivity (Wildman–Crippen MR) is 177 cm³/mol. The molecule has 5 atom stereocenters. The van der Waals surface area contributed by atoms with Crippen LogP contribution >= 0.6 is 0 Å². The highest BCUT2D eigenvalue weighted by Crippen LogP contribution is 2.46. The Balaban J connectivity index is 1.25. The van der Waals surface area contributed by atoms with Crippen LogP contribution in [0.15, 0.2) is 72.8 Å². The molecular weight excluding hydrogens is 632 g/mol. The molecule has 0 saturated carbocycles. The number of aliphatic hydroxyl groups is 1. The first-order valence-electron chi connectivity index (χ1n) is 16.0. The predicted octanol–water partition coefficient (Wildman–Crippen LogP) is 5.92. The summed E-state index contributed by atoms with van der Waals surface area (Å²) in [5, 5.41) is 41.3. The molecule has 11 heteroatoms. The fourth-order valence-electron chi connectivity index (χ4n) is 6.11. The Hall–Kier alpha value is -5.42. The van der Waals surface area contributed by atoms with Crippen molar-refractivity contribution in [3.05, 3.63) is 101 Å². The number of hydrogen-bond acceptors (Lipinski definition) is 11. The van der Waals surface area contributed by atoms with E-state index >= 15 is 0 Å². The number of phenols is 3. The summed E-state index contributed by atoms with van der Waals surface area (Å²) in [5.74, 6) is -1.43. The monoisotopic (exact) mass is 670 g/mol. The van der Waals surface area contributed by atoms with Crippen molar-refractivity contribution in [3.8, 4) is 40.2 Å². The van der Waals surface area contributed by atoms with Gasteiger partial charge in [0.25, 0.3) is 0 Å². The zero-order valence-electron chi connectivity index (χ0n) is 27.5. The molecule has 0 saturated heterocycles. The summed E-state index contributed by atoms with van der Waals surface area (Å²) < 4.78 is 29.7. The van der Waals surface area contributed by atoms with Gasteiger partial charge in [-0.05, 0) is 60.2 Å². The summed E-state index contributed by atoms with van der Waals surface area (Å²) in [7, 11) is 1.42. The quantitative estimate of drug-likeness (QED) is 0.157. The van der Waals surface area contributed by atoms with Gasteiger partial charge in [-0.25, -0.2) is 0 Å². The number of carbonyl (C=O) groups excluding carboxylic acids is 2. The smallest absolute Gasteiger partial charge is 0.313 e. The van der Waals surface area contributed by atoms with Crippen molar-refractivity contribution in [2.45, 2.75) is 57.5 Å². The molecule has 4 aromatic carbocycles. The number of benzene rings is 4. The Kier molecular flexibility index (Phi) is 9.29. The zero-order valence-corrected chi connectivity index (χ0v) is 27.5. The molecule has 0 bridgehead atoms. The summed E-state index contributed by atoms with van der Waals surface area (Å²) in [5.41, 5.74) is 2.71. The third kappa shape index (κ3) is 6.80. The summed E-state index contributed by atoms with van der Waals surface area (Å²) in [6.45, 7) is 5.93. The average Bonchev–Trinajstić information content (AvgIpc) is 3.07. The lowest BCUT2D eigenvalue weighted by molar-refractivity contribution is -0.150. The van der Waals surface area contributed by atoms with Crippen LogP contribution in [0, 0.1) is 5.92 Å². The van der Waals surface area contributed by atoms with Crippen molar-refractivity contribution in [1.29, 1.82) is 0 Å². The van der Waals surface area contributed by atoms with Gasteiger partial charge in [0, 0.05) is 17.7 Å². The molecule has 0 unspecified atom stereocenters. The molecular formula is C38H38O11. The summed E-state index contributed by atoms with van der Waals surface area (Å²) in [6, 6.07) is 19.5. The van der Waals surface area contributed by atoms with Gasteiger partial charge < -0.3 is 44.1 Å². The second kappa shape index (κ2) is 13.6. The van der Waals surface area contributed by atoms with Crippen LogP contribution < -0.4 is 18.9 Å². The molecule has 4 N–H and O–H groups in total. The van der Waals surface area contributed by atoms with Crippen LogP contribution in [0.25, 0.3) is 0 Å². The molecule has 11 nitrogen and oxygen atoms in total. The van der Waals surface area contributed by atoms with Crippen LogP contribution in [0.4, 0.5) is 0 Å². The number of ketones is 1. The van der Waals surface area contributed by atoms with Crippen molar-refractivity contribution in [2.75, 3.05) is 13.7 Å². The number of methoxy groups -OCH3 is 1. The van der Waals surface area contributed by atoms with E-state index in [4.69, 9.17) is 23.7 Å². The lowest BCUT2D eigenvalue weighted by Crippen LogP contribution is -2.38. The van der Waals surface area contributed by atoms with Crippen LogP contribution in [-0.4, -0.2) is 58.1 Å². The average molecular weight is 671 g/mol. The fourth-order valence-corrected chi connectivity index (χ4v) is 6.11. The maximum Gasteiger partial charge on any atom is 0.313 e. The second-order valence-corrected chi connectivity index (χ2v) is 12.7. The molecule has 0 fully saturated rings. The number of carbonyl (C=O) groups is 2. The van der Waals surface area contributed by atoms with E-state index in [1.807, 2.05) is 24.3 Å². The van der Waals surface area contributed by atoms with Gasteiger partial charge in [0.2, 0.25) is 5.78 Å². The molecule has 6 rings (SSSR count). The lowest BCUT2D eigenvalue weighted by Gasteiger charge is -2.35. The topological polar surface area (TPSA) is 161 Å². The number of fused-ring (bicyclic) bond motifs is 2. The van der Waals surface area contributed by atoms with Gasteiger partial charge in [-0.3, -0.25) is 9.59 Å². The fraction of sp³-hybridized carbons (Fsp3) is 0.316. The van der Waals surface area contributed by atoms with Crippen molar-refractivity contribution < 1.29 is 53.7 Å². The van der Waals surface area contributed by atoms with E-state index in [1.165, 1.54) is 24.8 Å². The van der Waals surface area contributed by atoms with Gasteiger partial charge in [0.05, 0.1) is 13.0 Å². The molecule has 0 aromatic heterocycles. The molecule has 49 heavy (non-hydrogen) atoms. The van der Waals surface area contributed by atoms with Crippen LogP contribution in [0.3, 0.4) is 0 Å². The molecule has 0 amide bonds. The van der Waals surface area contributed by atoms with Crippen molar-refractivity contribution in [3.63, 3.8) is 0 Å². The molecule has 0 radical (unpaired) electrons. The normalized spacial score (nSPS) is 20.2. The third-order valence-corrected chi connectivity index (χ3v) is 8.69. The van der Waals surface area contributed by atoms with Crippen LogP contribution in [-0.2, 0) is 16.0 Å². The standard InChI is InChI=1S/C38H38O11/c1-19(2)13-21-5-7-22(8-6-21)20(3)38(44)46-18-32-36(23-9-11-26(40)29(14-23)45-4)48-30-15-24(10-12-28(30)47-32)37-35(43)34(42)33-27(41)16-25(39)17-31(33)49-37/h5-12,14-17,19-20,32,35-37,39-41,43H,13,18H2,1-4H3/t20-,32+,35-,36+,37+/m1/s1. The first kappa shape index (κ1) is 33.5. The summed E-state index contributed by atoms with van der Waals surface area (Å²) in [6.07, 6.45) is -3.57. The molecule has 256 valence electrons. The Morgan fingerprint density at radius 2 is 1.49 bits per heavy atom. The number of rotatable bonds is 9. The van der Waals surface area contributed by atoms with E-state index in [0.717, 1.165) is 18.1 Å². The van der Waals surface area contributed by atoms with E-state index in [-0.39, 0.29) is 40.9 Å². The molecule has 0 spiro atoms. The second-order valence-electron chi connectivity index (χ2n) is 12.7. The number of hydrogen-bond donors (Lipinski definition) is 4. The van der Waals surface area contributed by atoms with Crippen LogP contribution in [0.2, 0.25) is 0 Å². The molecule has 4 aromatic rings. The summed E-state index contributed by atoms with van der Waals surface area (Å²) >= 11 is 0. The van der Waals surface area contributed by atoms with Gasteiger partial charge in [0.1, 0.15) is 29.4 Å². The van der Waals surface area contributed by atoms with Crippen molar-refractivity contribution >= 4 is 11.8 Å². The van der Waals surface area contributed by atoms with Gasteiger partial charge >= 0.3 is 5.97 Å². The van der Waals surface area contributed by atoms with Gasteiger partial charge in [-0.15, -0.1) is 0 Å². The number of esters is 1. The van der Waals surface area contributed by atoms with E-state index in [1.54, 1.807) is 37.3 Å². The van der Waals surface area contributed by atoms with E-state index in [0.29, 0.717) is 22.8 Å². The van der Waals surface area contributed by atoms with Crippen LogP contribution in [0.1, 0.15) is 71.5 Å². The Labute approximate surface area is 283 Å². The first-order valence-corrected chi connectivity index (χ1v) is 16.0. The van der Waals surface area contributed by atoms with E-state index in [2.05, 4.69) is 13.8 Å². The van der Waals surface area contributed by atoms with Crippen LogP contribution in [0.5, 0.6) is 40.2 Å². The SMILES string of the molecule is COc1cc([C@@H]2Oc3cc([C@@H]4Oc5cc(O)cc(O)c5C(=O)[C@H]4O)ccc3O[C@H]2COC(=O)[C@H](C)c2ccc(CC(C)C)cc2)ccc1O. The largest absolute Gasteiger partial charge is 0.508 e. The molecule has 2 heterocycles. The van der Waals surface area contributed by atoms with Crippen molar-refractivity contribution in [2.24, 2.45) is 5.92 Å². The van der Waals surface area contributed by atoms with E-state index < -0.39 is 47.8 Å². The number of aromatic hydroxyl groups is 3. The highest BCUT2D eigenvalue weighted by Gasteiger charge is 2.41. The van der Waals surface area contributed by atoms with Gasteiger partial charge in [0.15, 0.2) is 47.4 Å². The number of phenolic OH excluding ortho intramolecular Hbond substituents is 3.